The molecule has 2 aliphatic heterocycles. The highest BCUT2D eigenvalue weighted by Gasteiger charge is 2.54. The molecule has 0 N–H and O–H groups in total. The fourth-order valence-electron chi connectivity index (χ4n) is 4.47. The third-order valence-electron chi connectivity index (χ3n) is 6.30. The molecule has 2 fully saturated rings. The van der Waals surface area contributed by atoms with Crippen LogP contribution in [0, 0.1) is 12.7 Å². The number of aryl methyl sites for hydroxylation is 1. The highest BCUT2D eigenvalue weighted by molar-refractivity contribution is 6.30. The van der Waals surface area contributed by atoms with Crippen molar-refractivity contribution in [3.8, 4) is 0 Å². The number of piperazine rings is 1. The van der Waals surface area contributed by atoms with E-state index >= 15 is 0 Å². The Balaban J connectivity index is 1.72. The maximum atomic E-state index is 14.6. The third-order valence-corrected chi connectivity index (χ3v) is 6.50. The van der Waals surface area contributed by atoms with Gasteiger partial charge in [0.2, 0.25) is 11.8 Å². The van der Waals surface area contributed by atoms with Crippen LogP contribution in [0.1, 0.15) is 30.9 Å². The van der Waals surface area contributed by atoms with E-state index in [1.54, 1.807) is 9.80 Å². The van der Waals surface area contributed by atoms with E-state index in [1.165, 1.54) is 13.1 Å². The van der Waals surface area contributed by atoms with Crippen molar-refractivity contribution in [2.45, 2.75) is 38.8 Å². The predicted octanol–water partition coefficient (Wildman–Crippen LogP) is 2.94. The Bertz CT molecular complexity index is 1070. The third kappa shape index (κ3) is 3.95. The molecule has 2 aliphatic rings. The molecule has 7 nitrogen and oxygen atoms in total. The van der Waals surface area contributed by atoms with Crippen LogP contribution < -0.4 is 4.90 Å². The standard InChI is InChI=1S/C23H24ClFN4O3/c1-15-3-5-17(6-4-15)13-29-20(31)14-28(21-19(25)11-18(24)12-26-21)22(32)23(29)7-9-27(10-8-23)16(2)30/h3-6,11-12H,7-10,13-14H2,1-2H3. The van der Waals surface area contributed by atoms with Crippen LogP contribution in [-0.4, -0.2) is 57.7 Å². The first-order valence-corrected chi connectivity index (χ1v) is 10.8. The number of benzene rings is 1. The number of amides is 3. The number of halogens is 2. The molecule has 2 saturated heterocycles. The number of anilines is 1. The molecule has 1 spiro atoms. The van der Waals surface area contributed by atoms with E-state index in [0.29, 0.717) is 13.1 Å². The Kier molecular flexibility index (Phi) is 5.90. The van der Waals surface area contributed by atoms with Crippen molar-refractivity contribution in [2.75, 3.05) is 24.5 Å². The number of nitrogens with zero attached hydrogens (tertiary/aromatic N) is 4. The minimum Gasteiger partial charge on any atom is -0.343 e. The number of piperidine rings is 1. The molecular formula is C23H24ClFN4O3. The Morgan fingerprint density at radius 3 is 2.44 bits per heavy atom. The van der Waals surface area contributed by atoms with E-state index in [1.807, 2.05) is 31.2 Å². The van der Waals surface area contributed by atoms with E-state index < -0.39 is 11.4 Å². The largest absolute Gasteiger partial charge is 0.343 e. The van der Waals surface area contributed by atoms with E-state index in [2.05, 4.69) is 4.98 Å². The molecule has 3 heterocycles. The molecule has 0 radical (unpaired) electrons. The van der Waals surface area contributed by atoms with Crippen molar-refractivity contribution in [3.05, 3.63) is 58.5 Å². The second kappa shape index (κ2) is 8.50. The van der Waals surface area contributed by atoms with Crippen molar-refractivity contribution >= 4 is 35.1 Å². The molecule has 4 rings (SSSR count). The van der Waals surface area contributed by atoms with Gasteiger partial charge in [0.05, 0.1) is 5.02 Å². The lowest BCUT2D eigenvalue weighted by Crippen LogP contribution is -2.71. The predicted molar refractivity (Wildman–Crippen MR) is 118 cm³/mol. The molecule has 32 heavy (non-hydrogen) atoms. The first-order valence-electron chi connectivity index (χ1n) is 10.5. The second-order valence-corrected chi connectivity index (χ2v) is 8.79. The average molecular weight is 459 g/mol. The highest BCUT2D eigenvalue weighted by Crippen LogP contribution is 2.37. The van der Waals surface area contributed by atoms with Crippen molar-refractivity contribution in [2.24, 2.45) is 0 Å². The number of carbonyl (C=O) groups is 3. The molecular weight excluding hydrogens is 435 g/mol. The Hall–Kier alpha value is -3.00. The topological polar surface area (TPSA) is 73.8 Å². The zero-order valence-electron chi connectivity index (χ0n) is 18.0. The van der Waals surface area contributed by atoms with Crippen molar-refractivity contribution in [1.29, 1.82) is 0 Å². The number of aromatic nitrogens is 1. The van der Waals surface area contributed by atoms with Crippen molar-refractivity contribution in [3.63, 3.8) is 0 Å². The van der Waals surface area contributed by atoms with Crippen LogP contribution in [0.15, 0.2) is 36.5 Å². The molecule has 0 bridgehead atoms. The molecule has 168 valence electrons. The zero-order chi connectivity index (χ0) is 23.0. The van der Waals surface area contributed by atoms with Gasteiger partial charge in [-0.3, -0.25) is 19.3 Å². The first kappa shape index (κ1) is 22.2. The van der Waals surface area contributed by atoms with Gasteiger partial charge >= 0.3 is 0 Å². The summed E-state index contributed by atoms with van der Waals surface area (Å²) in [7, 11) is 0. The molecule has 3 amide bonds. The summed E-state index contributed by atoms with van der Waals surface area (Å²) < 4.78 is 14.6. The number of hydrogen-bond acceptors (Lipinski definition) is 4. The van der Waals surface area contributed by atoms with Crippen molar-refractivity contribution < 1.29 is 18.8 Å². The van der Waals surface area contributed by atoms with Gasteiger partial charge in [-0.15, -0.1) is 0 Å². The minimum absolute atomic E-state index is 0.0817. The van der Waals surface area contributed by atoms with Crippen molar-refractivity contribution in [1.82, 2.24) is 14.8 Å². The number of pyridine rings is 1. The van der Waals surface area contributed by atoms with Gasteiger partial charge in [-0.05, 0) is 31.4 Å². The Labute approximate surface area is 190 Å². The Morgan fingerprint density at radius 2 is 1.84 bits per heavy atom. The van der Waals surface area contributed by atoms with Gasteiger partial charge < -0.3 is 9.80 Å². The molecule has 9 heteroatoms. The molecule has 0 saturated carbocycles. The lowest BCUT2D eigenvalue weighted by Gasteiger charge is -2.52. The van der Waals surface area contributed by atoms with Gasteiger partial charge in [-0.1, -0.05) is 41.4 Å². The number of hydrogen-bond donors (Lipinski definition) is 0. The maximum absolute atomic E-state index is 14.6. The molecule has 0 unspecified atom stereocenters. The van der Waals surface area contributed by atoms with Crippen LogP contribution in [0.3, 0.4) is 0 Å². The molecule has 1 aromatic heterocycles. The van der Waals surface area contributed by atoms with Gasteiger partial charge in [-0.25, -0.2) is 9.37 Å². The first-order chi connectivity index (χ1) is 15.2. The minimum atomic E-state index is -1.18. The molecule has 0 aliphatic carbocycles. The van der Waals surface area contributed by atoms with Gasteiger partial charge in [0, 0.05) is 32.8 Å². The van der Waals surface area contributed by atoms with E-state index in [4.69, 9.17) is 11.6 Å². The maximum Gasteiger partial charge on any atom is 0.254 e. The summed E-state index contributed by atoms with van der Waals surface area (Å²) in [4.78, 5) is 47.4. The zero-order valence-corrected chi connectivity index (χ0v) is 18.7. The summed E-state index contributed by atoms with van der Waals surface area (Å²) in [5.41, 5.74) is 0.809. The summed E-state index contributed by atoms with van der Waals surface area (Å²) in [5.74, 6) is -1.74. The SMILES string of the molecule is CC(=O)N1CCC2(CC1)C(=O)N(c1ncc(Cl)cc1F)CC(=O)N2Cc1ccc(C)cc1. The van der Waals surface area contributed by atoms with E-state index in [-0.39, 0.29) is 54.5 Å². The normalized spacial score (nSPS) is 18.4. The molecule has 1 aromatic carbocycles. The van der Waals surface area contributed by atoms with E-state index in [0.717, 1.165) is 22.1 Å². The fourth-order valence-corrected chi connectivity index (χ4v) is 4.61. The van der Waals surface area contributed by atoms with Crippen LogP contribution in [0.2, 0.25) is 5.02 Å². The Morgan fingerprint density at radius 1 is 1.19 bits per heavy atom. The van der Waals surface area contributed by atoms with Crippen LogP contribution in [-0.2, 0) is 20.9 Å². The lowest BCUT2D eigenvalue weighted by atomic mass is 9.81. The van der Waals surface area contributed by atoms with Crippen LogP contribution in [0.5, 0.6) is 0 Å². The lowest BCUT2D eigenvalue weighted by molar-refractivity contribution is -0.156. The van der Waals surface area contributed by atoms with Crippen LogP contribution in [0.25, 0.3) is 0 Å². The smallest absolute Gasteiger partial charge is 0.254 e. The van der Waals surface area contributed by atoms with Gasteiger partial charge in [0.25, 0.3) is 5.91 Å². The van der Waals surface area contributed by atoms with Gasteiger partial charge in [0.15, 0.2) is 11.6 Å². The second-order valence-electron chi connectivity index (χ2n) is 8.35. The van der Waals surface area contributed by atoms with Gasteiger partial charge in [0.1, 0.15) is 12.1 Å². The molecule has 2 aromatic rings. The monoisotopic (exact) mass is 458 g/mol. The average Bonchev–Trinajstić information content (AvgIpc) is 2.76. The quantitative estimate of drug-likeness (QED) is 0.708. The van der Waals surface area contributed by atoms with E-state index in [9.17, 15) is 18.8 Å². The number of likely N-dealkylation sites (tertiary alicyclic amines) is 1. The van der Waals surface area contributed by atoms with Crippen LogP contribution >= 0.6 is 11.6 Å². The fraction of sp³-hybridized carbons (Fsp3) is 0.391. The summed E-state index contributed by atoms with van der Waals surface area (Å²) in [6.45, 7) is 4.08. The number of rotatable bonds is 3. The summed E-state index contributed by atoms with van der Waals surface area (Å²) in [6.07, 6.45) is 1.80. The summed E-state index contributed by atoms with van der Waals surface area (Å²) in [5, 5.41) is 0.104. The number of carbonyl (C=O) groups excluding carboxylic acids is 3. The molecule has 0 atom stereocenters. The van der Waals surface area contributed by atoms with Crippen LogP contribution in [0.4, 0.5) is 10.2 Å². The summed E-state index contributed by atoms with van der Waals surface area (Å²) in [6, 6.07) is 8.84. The highest BCUT2D eigenvalue weighted by atomic mass is 35.5. The summed E-state index contributed by atoms with van der Waals surface area (Å²) >= 11 is 5.81. The van der Waals surface area contributed by atoms with Gasteiger partial charge in [-0.2, -0.15) is 0 Å².